The van der Waals surface area contributed by atoms with Crippen LogP contribution in [0, 0.1) is 0 Å². The Kier molecular flexibility index (Phi) is 7.72. The van der Waals surface area contributed by atoms with Gasteiger partial charge in [0.05, 0.1) is 0 Å². The van der Waals surface area contributed by atoms with Gasteiger partial charge in [-0.05, 0) is 43.5 Å². The van der Waals surface area contributed by atoms with Crippen molar-refractivity contribution in [2.75, 3.05) is 44.2 Å². The molecule has 0 aromatic heterocycles. The Morgan fingerprint density at radius 2 is 1.52 bits per heavy atom. The maximum Gasteiger partial charge on any atom is 0.220 e. The summed E-state index contributed by atoms with van der Waals surface area (Å²) in [5, 5.41) is 3.05. The molecule has 4 nitrogen and oxygen atoms in total. The zero-order valence-corrected chi connectivity index (χ0v) is 16.1. The number of para-hydroxylation sites is 1. The number of carbonyl (C=O) groups is 1. The summed E-state index contributed by atoms with van der Waals surface area (Å²) in [5.74, 6) is 0.162. The van der Waals surface area contributed by atoms with Gasteiger partial charge in [-0.1, -0.05) is 48.5 Å². The van der Waals surface area contributed by atoms with E-state index in [1.54, 1.807) is 0 Å². The SMILES string of the molecule is O=C(CCc1ccccc1)NCCCCN1CCN(c2ccccc2)CC1. The molecule has 1 fully saturated rings. The molecule has 3 rings (SSSR count). The number of piperazine rings is 1. The zero-order valence-electron chi connectivity index (χ0n) is 16.1. The first-order valence-electron chi connectivity index (χ1n) is 10.1. The number of rotatable bonds is 9. The van der Waals surface area contributed by atoms with Crippen LogP contribution in [-0.4, -0.2) is 50.1 Å². The summed E-state index contributed by atoms with van der Waals surface area (Å²) >= 11 is 0. The molecule has 27 heavy (non-hydrogen) atoms. The Morgan fingerprint density at radius 3 is 2.22 bits per heavy atom. The average Bonchev–Trinajstić information content (AvgIpc) is 2.74. The lowest BCUT2D eigenvalue weighted by atomic mass is 10.1. The van der Waals surface area contributed by atoms with E-state index in [0.29, 0.717) is 6.42 Å². The molecular formula is C23H31N3O. The molecule has 2 aromatic carbocycles. The van der Waals surface area contributed by atoms with Gasteiger partial charge in [0.1, 0.15) is 0 Å². The Bertz CT molecular complexity index is 667. The number of nitrogens with one attached hydrogen (secondary N) is 1. The molecule has 0 radical (unpaired) electrons. The summed E-state index contributed by atoms with van der Waals surface area (Å²) < 4.78 is 0. The van der Waals surface area contributed by atoms with E-state index in [2.05, 4.69) is 57.6 Å². The van der Waals surface area contributed by atoms with Crippen LogP contribution in [0.3, 0.4) is 0 Å². The van der Waals surface area contributed by atoms with Gasteiger partial charge in [-0.2, -0.15) is 0 Å². The standard InChI is InChI=1S/C23H31N3O/c27-23(14-13-21-9-3-1-4-10-21)24-15-7-8-16-25-17-19-26(20-18-25)22-11-5-2-6-12-22/h1-6,9-12H,7-8,13-20H2,(H,24,27). The van der Waals surface area contributed by atoms with Crippen LogP contribution in [-0.2, 0) is 11.2 Å². The van der Waals surface area contributed by atoms with Crippen LogP contribution in [0.1, 0.15) is 24.8 Å². The molecule has 0 saturated carbocycles. The Balaban J connectivity index is 1.22. The maximum atomic E-state index is 11.9. The first-order chi connectivity index (χ1) is 13.3. The molecule has 1 aliphatic rings. The van der Waals surface area contributed by atoms with E-state index in [9.17, 15) is 4.79 Å². The average molecular weight is 366 g/mol. The molecule has 0 bridgehead atoms. The number of nitrogens with zero attached hydrogens (tertiary/aromatic N) is 2. The fraction of sp³-hybridized carbons (Fsp3) is 0.435. The minimum Gasteiger partial charge on any atom is -0.369 e. The molecule has 144 valence electrons. The fourth-order valence-electron chi connectivity index (χ4n) is 3.55. The van der Waals surface area contributed by atoms with Crippen LogP contribution in [0.4, 0.5) is 5.69 Å². The molecule has 1 heterocycles. The highest BCUT2D eigenvalue weighted by Gasteiger charge is 2.16. The minimum atomic E-state index is 0.162. The van der Waals surface area contributed by atoms with Crippen molar-refractivity contribution in [1.29, 1.82) is 0 Å². The molecule has 1 amide bonds. The van der Waals surface area contributed by atoms with E-state index < -0.39 is 0 Å². The number of carbonyl (C=O) groups excluding carboxylic acids is 1. The molecule has 2 aromatic rings. The summed E-state index contributed by atoms with van der Waals surface area (Å²) in [4.78, 5) is 16.9. The molecule has 0 aliphatic carbocycles. The van der Waals surface area contributed by atoms with Gasteiger partial charge in [-0.3, -0.25) is 9.69 Å². The smallest absolute Gasteiger partial charge is 0.220 e. The summed E-state index contributed by atoms with van der Waals surface area (Å²) in [5.41, 5.74) is 2.55. The Morgan fingerprint density at radius 1 is 0.852 bits per heavy atom. The van der Waals surface area contributed by atoms with Gasteiger partial charge in [0.2, 0.25) is 5.91 Å². The Hall–Kier alpha value is -2.33. The van der Waals surface area contributed by atoms with Crippen LogP contribution in [0.15, 0.2) is 60.7 Å². The van der Waals surface area contributed by atoms with Crippen LogP contribution in [0.5, 0.6) is 0 Å². The van der Waals surface area contributed by atoms with E-state index in [0.717, 1.165) is 58.5 Å². The van der Waals surface area contributed by atoms with Crippen molar-refractivity contribution in [2.45, 2.75) is 25.7 Å². The normalized spacial score (nSPS) is 14.9. The summed E-state index contributed by atoms with van der Waals surface area (Å²) in [6.07, 6.45) is 3.59. The van der Waals surface area contributed by atoms with Gasteiger partial charge in [-0.15, -0.1) is 0 Å². The topological polar surface area (TPSA) is 35.6 Å². The third-order valence-electron chi connectivity index (χ3n) is 5.20. The molecule has 0 unspecified atom stereocenters. The van der Waals surface area contributed by atoms with Crippen LogP contribution >= 0.6 is 0 Å². The van der Waals surface area contributed by atoms with Crippen molar-refractivity contribution in [1.82, 2.24) is 10.2 Å². The van der Waals surface area contributed by atoms with Crippen molar-refractivity contribution in [2.24, 2.45) is 0 Å². The van der Waals surface area contributed by atoms with Crippen molar-refractivity contribution in [3.05, 3.63) is 66.2 Å². The third-order valence-corrected chi connectivity index (χ3v) is 5.20. The number of benzene rings is 2. The number of hydrogen-bond donors (Lipinski definition) is 1. The lowest BCUT2D eigenvalue weighted by molar-refractivity contribution is -0.121. The van der Waals surface area contributed by atoms with Gasteiger partial charge in [0.15, 0.2) is 0 Å². The van der Waals surface area contributed by atoms with Crippen molar-refractivity contribution < 1.29 is 4.79 Å². The monoisotopic (exact) mass is 365 g/mol. The minimum absolute atomic E-state index is 0.162. The predicted octanol–water partition coefficient (Wildman–Crippen LogP) is 3.34. The molecule has 1 N–H and O–H groups in total. The van der Waals surface area contributed by atoms with E-state index in [1.807, 2.05) is 18.2 Å². The summed E-state index contributed by atoms with van der Waals surface area (Å²) in [7, 11) is 0. The Labute approximate surface area is 163 Å². The summed E-state index contributed by atoms with van der Waals surface area (Å²) in [6, 6.07) is 20.9. The number of hydrogen-bond acceptors (Lipinski definition) is 3. The maximum absolute atomic E-state index is 11.9. The zero-order chi connectivity index (χ0) is 18.7. The molecule has 0 atom stereocenters. The molecule has 1 saturated heterocycles. The quantitative estimate of drug-likeness (QED) is 0.693. The van der Waals surface area contributed by atoms with Crippen molar-refractivity contribution >= 4 is 11.6 Å². The first-order valence-corrected chi connectivity index (χ1v) is 10.1. The van der Waals surface area contributed by atoms with Crippen LogP contribution in [0.2, 0.25) is 0 Å². The van der Waals surface area contributed by atoms with Gasteiger partial charge < -0.3 is 10.2 Å². The molecule has 1 aliphatic heterocycles. The van der Waals surface area contributed by atoms with E-state index >= 15 is 0 Å². The fourth-order valence-corrected chi connectivity index (χ4v) is 3.55. The van der Waals surface area contributed by atoms with E-state index in [1.165, 1.54) is 11.3 Å². The van der Waals surface area contributed by atoms with Crippen molar-refractivity contribution in [3.8, 4) is 0 Å². The molecular weight excluding hydrogens is 334 g/mol. The highest BCUT2D eigenvalue weighted by atomic mass is 16.1. The van der Waals surface area contributed by atoms with E-state index in [-0.39, 0.29) is 5.91 Å². The van der Waals surface area contributed by atoms with Crippen molar-refractivity contribution in [3.63, 3.8) is 0 Å². The van der Waals surface area contributed by atoms with E-state index in [4.69, 9.17) is 0 Å². The largest absolute Gasteiger partial charge is 0.369 e. The van der Waals surface area contributed by atoms with Crippen LogP contribution < -0.4 is 10.2 Å². The second-order valence-corrected chi connectivity index (χ2v) is 7.21. The van der Waals surface area contributed by atoms with Gasteiger partial charge in [0.25, 0.3) is 0 Å². The summed E-state index contributed by atoms with van der Waals surface area (Å²) in [6.45, 7) is 6.36. The third kappa shape index (κ3) is 6.72. The second-order valence-electron chi connectivity index (χ2n) is 7.21. The van der Waals surface area contributed by atoms with Gasteiger partial charge in [0, 0.05) is 44.8 Å². The predicted molar refractivity (Wildman–Crippen MR) is 112 cm³/mol. The van der Waals surface area contributed by atoms with Crippen LogP contribution in [0.25, 0.3) is 0 Å². The first kappa shape index (κ1) is 19.4. The highest BCUT2D eigenvalue weighted by molar-refractivity contribution is 5.76. The lowest BCUT2D eigenvalue weighted by Crippen LogP contribution is -2.46. The highest BCUT2D eigenvalue weighted by Crippen LogP contribution is 2.15. The van der Waals surface area contributed by atoms with Gasteiger partial charge in [-0.25, -0.2) is 0 Å². The number of anilines is 1. The van der Waals surface area contributed by atoms with Gasteiger partial charge >= 0.3 is 0 Å². The second kappa shape index (κ2) is 10.7. The number of aryl methyl sites for hydroxylation is 1. The number of amides is 1. The molecule has 4 heteroatoms. The lowest BCUT2D eigenvalue weighted by Gasteiger charge is -2.36. The molecule has 0 spiro atoms. The number of unbranched alkanes of at least 4 members (excludes halogenated alkanes) is 1.